The highest BCUT2D eigenvalue weighted by Crippen LogP contribution is 2.23. The van der Waals surface area contributed by atoms with Crippen LogP contribution < -0.4 is 5.32 Å². The van der Waals surface area contributed by atoms with E-state index >= 15 is 0 Å². The average molecular weight is 408 g/mol. The van der Waals surface area contributed by atoms with Gasteiger partial charge in [-0.1, -0.05) is 18.2 Å². The minimum absolute atomic E-state index is 0.0260. The summed E-state index contributed by atoms with van der Waals surface area (Å²) in [6, 6.07) is 8.87. The molecule has 8 heteroatoms. The smallest absolute Gasteiger partial charge is 0.239 e. The number of amides is 2. The zero-order valence-electron chi connectivity index (χ0n) is 16.5. The molecule has 0 radical (unpaired) electrons. The van der Waals surface area contributed by atoms with E-state index in [1.54, 1.807) is 11.9 Å². The number of carbonyl (C=O) groups is 2. The summed E-state index contributed by atoms with van der Waals surface area (Å²) < 4.78 is 23.4. The Hall–Kier alpha value is -1.93. The van der Waals surface area contributed by atoms with Crippen LogP contribution in [0, 0.1) is 5.92 Å². The lowest BCUT2D eigenvalue weighted by molar-refractivity contribution is -0.137. The third-order valence-corrected chi connectivity index (χ3v) is 7.70. The Balaban J connectivity index is 1.50. The zero-order chi connectivity index (χ0) is 20.3. The van der Waals surface area contributed by atoms with Gasteiger partial charge >= 0.3 is 0 Å². The molecule has 2 heterocycles. The maximum Gasteiger partial charge on any atom is 0.239 e. The van der Waals surface area contributed by atoms with E-state index in [0.717, 1.165) is 5.69 Å². The van der Waals surface area contributed by atoms with Gasteiger partial charge in [-0.3, -0.25) is 14.5 Å². The summed E-state index contributed by atoms with van der Waals surface area (Å²) in [4.78, 5) is 29.0. The number of likely N-dealkylation sites (tertiary alicyclic amines) is 1. The van der Waals surface area contributed by atoms with Crippen molar-refractivity contribution >= 4 is 27.3 Å². The van der Waals surface area contributed by atoms with Gasteiger partial charge in [-0.2, -0.15) is 0 Å². The Labute approximate surface area is 167 Å². The van der Waals surface area contributed by atoms with Crippen LogP contribution in [0.2, 0.25) is 0 Å². The molecule has 1 N–H and O–H groups in total. The van der Waals surface area contributed by atoms with Crippen molar-refractivity contribution in [1.29, 1.82) is 0 Å². The molecule has 3 rings (SSSR count). The number of anilines is 1. The van der Waals surface area contributed by atoms with Gasteiger partial charge in [0.2, 0.25) is 11.8 Å². The molecule has 154 valence electrons. The Bertz CT molecular complexity index is 804. The van der Waals surface area contributed by atoms with E-state index in [1.807, 2.05) is 37.3 Å². The van der Waals surface area contributed by atoms with Gasteiger partial charge < -0.3 is 10.2 Å². The van der Waals surface area contributed by atoms with Crippen LogP contribution in [0.15, 0.2) is 30.3 Å². The Morgan fingerprint density at radius 3 is 2.36 bits per heavy atom. The summed E-state index contributed by atoms with van der Waals surface area (Å²) in [5, 5.41) is 2.95. The number of para-hydroxylation sites is 1. The van der Waals surface area contributed by atoms with Crippen LogP contribution in [-0.2, 0) is 19.4 Å². The van der Waals surface area contributed by atoms with Crippen LogP contribution in [0.25, 0.3) is 0 Å². The number of hydrogen-bond donors (Lipinski definition) is 1. The number of likely N-dealkylation sites (N-methyl/N-ethyl adjacent to an activating group) is 1. The van der Waals surface area contributed by atoms with Gasteiger partial charge in [0.25, 0.3) is 0 Å². The number of hydrogen-bond acceptors (Lipinski definition) is 5. The summed E-state index contributed by atoms with van der Waals surface area (Å²) in [6.07, 6.45) is 1.93. The minimum Gasteiger partial charge on any atom is -0.340 e. The number of sulfone groups is 1. The molecule has 7 nitrogen and oxygen atoms in total. The van der Waals surface area contributed by atoms with Gasteiger partial charge in [-0.15, -0.1) is 0 Å². The summed E-state index contributed by atoms with van der Waals surface area (Å²) in [5.74, 6) is 0.138. The van der Waals surface area contributed by atoms with Crippen molar-refractivity contribution in [2.24, 2.45) is 5.92 Å². The van der Waals surface area contributed by atoms with Gasteiger partial charge in [0.05, 0.1) is 17.5 Å². The van der Waals surface area contributed by atoms with Crippen LogP contribution in [0.5, 0.6) is 0 Å². The Morgan fingerprint density at radius 2 is 1.79 bits per heavy atom. The molecule has 0 aliphatic carbocycles. The number of rotatable bonds is 5. The fraction of sp³-hybridized carbons (Fsp3) is 0.600. The fourth-order valence-electron chi connectivity index (χ4n) is 4.03. The van der Waals surface area contributed by atoms with Gasteiger partial charge in [-0.25, -0.2) is 8.42 Å². The highest BCUT2D eigenvalue weighted by Gasteiger charge is 2.36. The Kier molecular flexibility index (Phi) is 6.40. The van der Waals surface area contributed by atoms with Crippen LogP contribution >= 0.6 is 0 Å². The molecule has 2 atom stereocenters. The van der Waals surface area contributed by atoms with E-state index in [2.05, 4.69) is 10.2 Å². The van der Waals surface area contributed by atoms with E-state index in [9.17, 15) is 18.0 Å². The molecular formula is C20H29N3O4S. The second-order valence-corrected chi connectivity index (χ2v) is 10.1. The van der Waals surface area contributed by atoms with E-state index in [0.29, 0.717) is 32.4 Å². The number of nitrogens with zero attached hydrogens (tertiary/aromatic N) is 2. The SMILES string of the molecule is CC(C(=O)N(C)C1CCS(=O)(=O)C1)N1CCC(C(=O)Nc2ccccc2)CC1. The lowest BCUT2D eigenvalue weighted by Crippen LogP contribution is -2.52. The first-order valence-corrected chi connectivity index (χ1v) is 11.7. The summed E-state index contributed by atoms with van der Waals surface area (Å²) in [7, 11) is -1.32. The molecule has 2 aliphatic heterocycles. The summed E-state index contributed by atoms with van der Waals surface area (Å²) >= 11 is 0. The standard InChI is InChI=1S/C20H29N3O4S/c1-15(20(25)22(2)18-10-13-28(26,27)14-18)23-11-8-16(9-12-23)19(24)21-17-6-4-3-5-7-17/h3-7,15-16,18H,8-14H2,1-2H3,(H,21,24). The van der Waals surface area contributed by atoms with Crippen LogP contribution in [-0.4, -0.2) is 73.8 Å². The molecule has 2 saturated heterocycles. The maximum absolute atomic E-state index is 12.8. The second-order valence-electron chi connectivity index (χ2n) is 7.85. The molecule has 0 saturated carbocycles. The normalized spacial score (nSPS) is 23.9. The summed E-state index contributed by atoms with van der Waals surface area (Å²) in [6.45, 7) is 3.22. The first kappa shape index (κ1) is 20.8. The van der Waals surface area contributed by atoms with E-state index in [4.69, 9.17) is 0 Å². The van der Waals surface area contributed by atoms with Crippen molar-refractivity contribution in [3.05, 3.63) is 30.3 Å². The number of benzene rings is 1. The molecule has 28 heavy (non-hydrogen) atoms. The van der Waals surface area contributed by atoms with Gasteiger partial charge in [0.1, 0.15) is 0 Å². The zero-order valence-corrected chi connectivity index (χ0v) is 17.3. The monoisotopic (exact) mass is 407 g/mol. The van der Waals surface area contributed by atoms with E-state index < -0.39 is 9.84 Å². The average Bonchev–Trinajstić information content (AvgIpc) is 3.07. The van der Waals surface area contributed by atoms with Crippen LogP contribution in [0.3, 0.4) is 0 Å². The first-order chi connectivity index (χ1) is 13.3. The minimum atomic E-state index is -3.02. The van der Waals surface area contributed by atoms with E-state index in [-0.39, 0.29) is 41.3 Å². The molecule has 2 unspecified atom stereocenters. The quantitative estimate of drug-likeness (QED) is 0.797. The second kappa shape index (κ2) is 8.61. The molecule has 0 spiro atoms. The molecule has 1 aromatic rings. The lowest BCUT2D eigenvalue weighted by atomic mass is 9.94. The summed E-state index contributed by atoms with van der Waals surface area (Å²) in [5.41, 5.74) is 0.798. The first-order valence-electron chi connectivity index (χ1n) is 9.84. The fourth-order valence-corrected chi connectivity index (χ4v) is 5.80. The molecule has 2 aliphatic rings. The molecule has 1 aromatic carbocycles. The van der Waals surface area contributed by atoms with Gasteiger partial charge in [-0.05, 0) is 51.4 Å². The number of nitrogens with one attached hydrogen (secondary N) is 1. The molecule has 2 fully saturated rings. The molecule has 0 aromatic heterocycles. The highest BCUT2D eigenvalue weighted by molar-refractivity contribution is 7.91. The maximum atomic E-state index is 12.8. The van der Waals surface area contributed by atoms with Gasteiger partial charge in [0, 0.05) is 24.7 Å². The lowest BCUT2D eigenvalue weighted by Gasteiger charge is -2.37. The van der Waals surface area contributed by atoms with Crippen LogP contribution in [0.4, 0.5) is 5.69 Å². The largest absolute Gasteiger partial charge is 0.340 e. The van der Waals surface area contributed by atoms with Crippen molar-refractivity contribution in [3.8, 4) is 0 Å². The van der Waals surface area contributed by atoms with Crippen molar-refractivity contribution in [2.75, 3.05) is 37.0 Å². The van der Waals surface area contributed by atoms with Crippen molar-refractivity contribution in [2.45, 2.75) is 38.3 Å². The van der Waals surface area contributed by atoms with Crippen molar-refractivity contribution in [1.82, 2.24) is 9.80 Å². The molecule has 0 bridgehead atoms. The van der Waals surface area contributed by atoms with E-state index in [1.165, 1.54) is 0 Å². The predicted molar refractivity (Wildman–Crippen MR) is 109 cm³/mol. The number of carbonyl (C=O) groups excluding carboxylic acids is 2. The number of piperidine rings is 1. The third kappa shape index (κ3) is 4.91. The highest BCUT2D eigenvalue weighted by atomic mass is 32.2. The van der Waals surface area contributed by atoms with Gasteiger partial charge in [0.15, 0.2) is 9.84 Å². The Morgan fingerprint density at radius 1 is 1.14 bits per heavy atom. The van der Waals surface area contributed by atoms with Crippen molar-refractivity contribution in [3.63, 3.8) is 0 Å². The molecule has 2 amide bonds. The predicted octanol–water partition coefficient (Wildman–Crippen LogP) is 1.37. The topological polar surface area (TPSA) is 86.8 Å². The molecular weight excluding hydrogens is 378 g/mol. The van der Waals surface area contributed by atoms with Crippen LogP contribution in [0.1, 0.15) is 26.2 Å². The van der Waals surface area contributed by atoms with Crippen molar-refractivity contribution < 1.29 is 18.0 Å². The third-order valence-electron chi connectivity index (χ3n) is 5.95.